The highest BCUT2D eigenvalue weighted by Crippen LogP contribution is 2.49. The van der Waals surface area contributed by atoms with Crippen LogP contribution in [0, 0.1) is 31.5 Å². The van der Waals surface area contributed by atoms with E-state index in [9.17, 15) is 9.18 Å². The van der Waals surface area contributed by atoms with Crippen LogP contribution in [-0.4, -0.2) is 18.2 Å². The lowest BCUT2D eigenvalue weighted by Crippen LogP contribution is -2.29. The third-order valence-electron chi connectivity index (χ3n) is 6.21. The molecule has 0 aliphatic rings. The molecule has 190 valence electrons. The van der Waals surface area contributed by atoms with E-state index in [1.807, 2.05) is 13.8 Å². The average Bonchev–Trinajstić information content (AvgIpc) is 3.21. The number of rotatable bonds is 5. The number of esters is 1. The Morgan fingerprint density at radius 1 is 0.868 bits per heavy atom. The second-order valence-electron chi connectivity index (χ2n) is 9.72. The Hall–Kier alpha value is -4.14. The Morgan fingerprint density at radius 3 is 2.08 bits per heavy atom. The number of ether oxygens (including phenoxy) is 2. The topological polar surface area (TPSA) is 35.5 Å². The first-order valence-corrected chi connectivity index (χ1v) is 13.6. The molecule has 1 heterocycles. The van der Waals surface area contributed by atoms with E-state index in [-0.39, 0.29) is 22.9 Å². The van der Waals surface area contributed by atoms with Crippen molar-refractivity contribution >= 4 is 36.6 Å². The molecule has 0 unspecified atom stereocenters. The normalized spacial score (nSPS) is 11.3. The number of carbonyl (C=O) groups excluding carboxylic acids is 1. The number of fused-ring (bicyclic) bond motifs is 3. The van der Waals surface area contributed by atoms with E-state index in [0.29, 0.717) is 11.3 Å². The summed E-state index contributed by atoms with van der Waals surface area (Å²) in [6, 6.07) is 27.5. The van der Waals surface area contributed by atoms with Gasteiger partial charge in [-0.2, -0.15) is 0 Å². The van der Waals surface area contributed by atoms with Crippen molar-refractivity contribution in [2.45, 2.75) is 33.3 Å². The van der Waals surface area contributed by atoms with Crippen molar-refractivity contribution in [1.82, 2.24) is 0 Å². The summed E-state index contributed by atoms with van der Waals surface area (Å²) in [5.41, 5.74) is 1.40. The molecule has 0 amide bonds. The number of thiophene rings is 1. The summed E-state index contributed by atoms with van der Waals surface area (Å²) < 4.78 is 27.5. The minimum Gasteiger partial charge on any atom is -0.481 e. The quantitative estimate of drug-likeness (QED) is 0.132. The first-order valence-electron chi connectivity index (χ1n) is 12.4. The Kier molecular flexibility index (Phi) is 6.93. The molecule has 5 aromatic rings. The van der Waals surface area contributed by atoms with Crippen LogP contribution in [0.5, 0.6) is 5.75 Å². The molecule has 5 rings (SSSR count). The molecule has 0 aliphatic carbocycles. The van der Waals surface area contributed by atoms with Crippen LogP contribution >= 0.6 is 10.5 Å². The van der Waals surface area contributed by atoms with Gasteiger partial charge in [0, 0.05) is 38.9 Å². The highest BCUT2D eigenvalue weighted by atomic mass is 32.2. The maximum atomic E-state index is 13.4. The zero-order valence-electron chi connectivity index (χ0n) is 21.8. The van der Waals surface area contributed by atoms with Crippen molar-refractivity contribution in [3.8, 4) is 22.5 Å². The Balaban J connectivity index is 1.34. The zero-order chi connectivity index (χ0) is 26.9. The summed E-state index contributed by atoms with van der Waals surface area (Å²) in [6.45, 7) is 7.16. The number of aryl methyl sites for hydroxylation is 2. The van der Waals surface area contributed by atoms with E-state index in [1.54, 1.807) is 26.0 Å². The van der Waals surface area contributed by atoms with Crippen LogP contribution in [0.1, 0.15) is 30.5 Å². The molecule has 1 aromatic heterocycles. The fraction of sp³-hybridized carbons (Fsp3) is 0.182. The van der Waals surface area contributed by atoms with Crippen LogP contribution in [0.15, 0.2) is 84.9 Å². The van der Waals surface area contributed by atoms with Gasteiger partial charge in [-0.1, -0.05) is 42.2 Å². The Bertz CT molecular complexity index is 1660. The van der Waals surface area contributed by atoms with E-state index in [0.717, 1.165) is 11.1 Å². The molecule has 0 aliphatic heterocycles. The van der Waals surface area contributed by atoms with Crippen LogP contribution in [0.25, 0.3) is 25.1 Å². The summed E-state index contributed by atoms with van der Waals surface area (Å²) in [4.78, 5) is 13.8. The molecule has 0 radical (unpaired) electrons. The van der Waals surface area contributed by atoms with Crippen molar-refractivity contribution in [2.75, 3.05) is 6.61 Å². The summed E-state index contributed by atoms with van der Waals surface area (Å²) in [5, 5.41) is 2.57. The molecule has 3 nitrogen and oxygen atoms in total. The Morgan fingerprint density at radius 2 is 1.47 bits per heavy atom. The molecule has 0 N–H and O–H groups in total. The fourth-order valence-electron chi connectivity index (χ4n) is 4.62. The Labute approximate surface area is 224 Å². The molecule has 0 bridgehead atoms. The highest BCUT2D eigenvalue weighted by molar-refractivity contribution is 7.50. The molecular weight excluding hydrogens is 495 g/mol. The first-order chi connectivity index (χ1) is 18.2. The molecule has 38 heavy (non-hydrogen) atoms. The molecule has 5 heteroatoms. The predicted octanol–water partition coefficient (Wildman–Crippen LogP) is 8.24. The second kappa shape index (κ2) is 10.3. The van der Waals surface area contributed by atoms with Gasteiger partial charge in [-0.15, -0.1) is 0 Å². The number of benzene rings is 4. The van der Waals surface area contributed by atoms with Gasteiger partial charge in [0.2, 0.25) is 0 Å². The van der Waals surface area contributed by atoms with Crippen molar-refractivity contribution in [1.29, 1.82) is 0 Å². The molecule has 0 fully saturated rings. The smallest absolute Gasteiger partial charge is 0.345 e. The molecule has 0 saturated heterocycles. The summed E-state index contributed by atoms with van der Waals surface area (Å²) >= 11 is 0. The van der Waals surface area contributed by atoms with Crippen LogP contribution in [0.3, 0.4) is 0 Å². The van der Waals surface area contributed by atoms with Gasteiger partial charge in [0.1, 0.15) is 11.6 Å². The third-order valence-corrected chi connectivity index (χ3v) is 8.51. The largest absolute Gasteiger partial charge is 0.481 e. The minimum absolute atomic E-state index is 0.201. The van der Waals surface area contributed by atoms with Crippen LogP contribution in [-0.2, 0) is 9.53 Å². The number of hydrogen-bond acceptors (Lipinski definition) is 3. The fourth-order valence-corrected chi connectivity index (χ4v) is 7.18. The third kappa shape index (κ3) is 5.27. The monoisotopic (exact) mass is 523 g/mol. The lowest BCUT2D eigenvalue weighted by Gasteiger charge is -2.19. The van der Waals surface area contributed by atoms with E-state index >= 15 is 0 Å². The number of carbonyl (C=O) groups is 1. The summed E-state index contributed by atoms with van der Waals surface area (Å²) in [6.07, 6.45) is 0. The number of hydrogen-bond donors (Lipinski definition) is 0. The molecular formula is C33H28FO3S+. The zero-order valence-corrected chi connectivity index (χ0v) is 22.6. The van der Waals surface area contributed by atoms with Gasteiger partial charge in [-0.25, -0.2) is 9.18 Å². The minimum atomic E-state index is -1.05. The van der Waals surface area contributed by atoms with E-state index in [4.69, 9.17) is 9.47 Å². The summed E-state index contributed by atoms with van der Waals surface area (Å²) in [5.74, 6) is 5.55. The van der Waals surface area contributed by atoms with Gasteiger partial charge in [-0.05, 0) is 81.3 Å². The highest BCUT2D eigenvalue weighted by Gasteiger charge is 2.25. The van der Waals surface area contributed by atoms with Gasteiger partial charge < -0.3 is 9.47 Å². The lowest BCUT2D eigenvalue weighted by atomic mass is 10.1. The second-order valence-corrected chi connectivity index (χ2v) is 11.7. The number of halogens is 1. The maximum Gasteiger partial charge on any atom is 0.345 e. The van der Waals surface area contributed by atoms with Gasteiger partial charge in [0.05, 0.1) is 0 Å². The van der Waals surface area contributed by atoms with Gasteiger partial charge in [0.15, 0.2) is 26.5 Å². The van der Waals surface area contributed by atoms with Crippen LogP contribution < -0.4 is 4.74 Å². The van der Waals surface area contributed by atoms with Crippen molar-refractivity contribution < 1.29 is 18.7 Å². The van der Waals surface area contributed by atoms with Crippen LogP contribution in [0.4, 0.5) is 4.39 Å². The van der Waals surface area contributed by atoms with E-state index < -0.39 is 11.6 Å². The summed E-state index contributed by atoms with van der Waals surface area (Å²) in [7, 11) is -0.201. The molecule has 0 saturated carbocycles. The molecule has 0 spiro atoms. The van der Waals surface area contributed by atoms with E-state index in [2.05, 4.69) is 72.5 Å². The average molecular weight is 524 g/mol. The van der Waals surface area contributed by atoms with Gasteiger partial charge in [-0.3, -0.25) is 0 Å². The maximum absolute atomic E-state index is 13.4. The predicted molar refractivity (Wildman–Crippen MR) is 154 cm³/mol. The van der Waals surface area contributed by atoms with Gasteiger partial charge in [0.25, 0.3) is 0 Å². The van der Waals surface area contributed by atoms with Crippen LogP contribution in [0.2, 0.25) is 0 Å². The molecule has 4 aromatic carbocycles. The van der Waals surface area contributed by atoms with E-state index in [1.165, 1.54) is 37.2 Å². The van der Waals surface area contributed by atoms with Crippen molar-refractivity contribution in [3.05, 3.63) is 107 Å². The molecule has 0 atom stereocenters. The standard InChI is InChI=1S/C33H28FO3S/c1-22-18-26(38-29-14-7-5-12-27(29)28-13-6-8-15-30(28)38)19-23(2)32(22)36-21-31(35)37-33(3,4)17-16-24-10-9-11-25(34)20-24/h5-15,18-20H,21H2,1-4H3/q+1. The van der Waals surface area contributed by atoms with Crippen molar-refractivity contribution in [3.63, 3.8) is 0 Å². The van der Waals surface area contributed by atoms with Crippen molar-refractivity contribution in [2.24, 2.45) is 0 Å². The first kappa shape index (κ1) is 25.5. The SMILES string of the molecule is Cc1cc(-[s+]2c3ccccc3c3ccccc32)cc(C)c1OCC(=O)OC(C)(C)C#Cc1cccc(F)c1. The van der Waals surface area contributed by atoms with Gasteiger partial charge >= 0.3 is 5.97 Å². The lowest BCUT2D eigenvalue weighted by molar-refractivity contribution is -0.154.